The molecule has 4 amide bonds. The lowest BCUT2D eigenvalue weighted by Crippen LogP contribution is -2.44. The summed E-state index contributed by atoms with van der Waals surface area (Å²) in [5.74, 6) is -0.653. The summed E-state index contributed by atoms with van der Waals surface area (Å²) in [6, 6.07) is 20.8. The monoisotopic (exact) mass is 484 g/mol. The van der Waals surface area contributed by atoms with E-state index in [-0.39, 0.29) is 18.5 Å². The molecule has 8 heteroatoms. The number of fused-ring (bicyclic) bond motifs is 2. The third-order valence-corrected chi connectivity index (χ3v) is 8.20. The van der Waals surface area contributed by atoms with E-state index in [1.165, 1.54) is 0 Å². The quantitative estimate of drug-likeness (QED) is 0.430. The van der Waals surface area contributed by atoms with Crippen LogP contribution in [0.5, 0.6) is 0 Å². The van der Waals surface area contributed by atoms with Gasteiger partial charge in [-0.05, 0) is 54.3 Å². The highest BCUT2D eigenvalue weighted by Gasteiger charge is 2.50. The molecule has 176 valence electrons. The maximum Gasteiger partial charge on any atom is 0.325 e. The van der Waals surface area contributed by atoms with Crippen molar-refractivity contribution < 1.29 is 14.4 Å². The standard InChI is InChI=1S/C27H24N4O3S/c1-27(19-13-12-17-7-2-3-8-18(17)15-19)25(33)31(26(34)29-27)16-23(32)30-14-6-10-21(30)24-28-20-9-4-5-11-22(20)35-24/h2-5,7-9,11-13,15,21H,6,10,14,16H2,1H3,(H,29,34)/t21-,27-/m1/s1. The van der Waals surface area contributed by atoms with Crippen LogP contribution < -0.4 is 5.32 Å². The molecule has 2 atom stereocenters. The van der Waals surface area contributed by atoms with Crippen molar-refractivity contribution in [3.8, 4) is 0 Å². The van der Waals surface area contributed by atoms with E-state index in [1.54, 1.807) is 23.2 Å². The summed E-state index contributed by atoms with van der Waals surface area (Å²) in [7, 11) is 0. The third kappa shape index (κ3) is 3.56. The number of imide groups is 1. The number of rotatable bonds is 4. The average molecular weight is 485 g/mol. The van der Waals surface area contributed by atoms with E-state index < -0.39 is 17.5 Å². The summed E-state index contributed by atoms with van der Waals surface area (Å²) < 4.78 is 1.09. The largest absolute Gasteiger partial charge is 0.332 e. The lowest BCUT2D eigenvalue weighted by atomic mass is 9.90. The lowest BCUT2D eigenvalue weighted by molar-refractivity contribution is -0.139. The van der Waals surface area contributed by atoms with E-state index in [4.69, 9.17) is 4.98 Å². The third-order valence-electron chi connectivity index (χ3n) is 7.06. The first-order valence-electron chi connectivity index (χ1n) is 11.7. The maximum absolute atomic E-state index is 13.5. The SMILES string of the molecule is C[C@]1(c2ccc3ccccc3c2)NC(=O)N(CC(=O)N2CCC[C@@H]2c2nc3ccccc3s2)C1=O. The number of para-hydroxylation sites is 1. The molecule has 0 unspecified atom stereocenters. The van der Waals surface area contributed by atoms with Gasteiger partial charge in [-0.3, -0.25) is 14.5 Å². The van der Waals surface area contributed by atoms with Gasteiger partial charge in [-0.15, -0.1) is 11.3 Å². The molecular weight excluding hydrogens is 460 g/mol. The molecule has 2 saturated heterocycles. The smallest absolute Gasteiger partial charge is 0.325 e. The molecule has 2 aliphatic heterocycles. The van der Waals surface area contributed by atoms with E-state index in [0.29, 0.717) is 12.1 Å². The van der Waals surface area contributed by atoms with Gasteiger partial charge in [-0.2, -0.15) is 0 Å². The summed E-state index contributed by atoms with van der Waals surface area (Å²) in [4.78, 5) is 47.2. The maximum atomic E-state index is 13.5. The van der Waals surface area contributed by atoms with Gasteiger partial charge in [0, 0.05) is 6.54 Å². The Balaban J connectivity index is 1.23. The first-order valence-corrected chi connectivity index (χ1v) is 12.5. The summed E-state index contributed by atoms with van der Waals surface area (Å²) in [5, 5.41) is 5.76. The Morgan fingerprint density at radius 3 is 2.69 bits per heavy atom. The minimum absolute atomic E-state index is 0.132. The van der Waals surface area contributed by atoms with Crippen LogP contribution in [0, 0.1) is 0 Å². The highest BCUT2D eigenvalue weighted by molar-refractivity contribution is 7.18. The molecule has 35 heavy (non-hydrogen) atoms. The minimum atomic E-state index is -1.22. The zero-order valence-electron chi connectivity index (χ0n) is 19.2. The number of hydrogen-bond acceptors (Lipinski definition) is 5. The van der Waals surface area contributed by atoms with Gasteiger partial charge >= 0.3 is 6.03 Å². The second-order valence-electron chi connectivity index (χ2n) is 9.27. The molecule has 1 aromatic heterocycles. The van der Waals surface area contributed by atoms with Gasteiger partial charge in [0.15, 0.2) is 0 Å². The van der Waals surface area contributed by atoms with Crippen LogP contribution in [0.1, 0.15) is 36.4 Å². The second kappa shape index (κ2) is 8.16. The van der Waals surface area contributed by atoms with Crippen molar-refractivity contribution in [1.29, 1.82) is 0 Å². The Morgan fingerprint density at radius 2 is 1.86 bits per heavy atom. The molecule has 3 aromatic carbocycles. The molecule has 0 bridgehead atoms. The van der Waals surface area contributed by atoms with E-state index in [2.05, 4.69) is 5.32 Å². The van der Waals surface area contributed by atoms with E-state index in [0.717, 1.165) is 43.7 Å². The Hall–Kier alpha value is -3.78. The van der Waals surface area contributed by atoms with E-state index in [9.17, 15) is 14.4 Å². The molecule has 0 radical (unpaired) electrons. The molecule has 2 aliphatic rings. The van der Waals surface area contributed by atoms with Crippen molar-refractivity contribution in [3.63, 3.8) is 0 Å². The average Bonchev–Trinajstić information content (AvgIpc) is 3.57. The fourth-order valence-corrected chi connectivity index (χ4v) is 6.23. The Bertz CT molecular complexity index is 1470. The molecule has 1 N–H and O–H groups in total. The van der Waals surface area contributed by atoms with Crippen molar-refractivity contribution >= 4 is 50.2 Å². The predicted octanol–water partition coefficient (Wildman–Crippen LogP) is 4.58. The predicted molar refractivity (Wildman–Crippen MR) is 135 cm³/mol. The summed E-state index contributed by atoms with van der Waals surface area (Å²) >= 11 is 1.59. The van der Waals surface area contributed by atoms with Crippen molar-refractivity contribution in [3.05, 3.63) is 77.3 Å². The van der Waals surface area contributed by atoms with Gasteiger partial charge in [0.25, 0.3) is 5.91 Å². The van der Waals surface area contributed by atoms with Crippen molar-refractivity contribution in [2.24, 2.45) is 0 Å². The normalized spacial score (nSPS) is 22.4. The van der Waals surface area contributed by atoms with Crippen LogP contribution in [0.4, 0.5) is 4.79 Å². The molecule has 0 spiro atoms. The molecule has 4 aromatic rings. The number of benzene rings is 3. The van der Waals surface area contributed by atoms with Gasteiger partial charge in [-0.1, -0.05) is 48.5 Å². The Labute approximate surface area is 206 Å². The number of nitrogens with one attached hydrogen (secondary N) is 1. The van der Waals surface area contributed by atoms with Crippen LogP contribution in [-0.2, 0) is 15.1 Å². The molecule has 3 heterocycles. The lowest BCUT2D eigenvalue weighted by Gasteiger charge is -2.26. The van der Waals surface area contributed by atoms with E-state index in [1.807, 2.05) is 66.7 Å². The van der Waals surface area contributed by atoms with Crippen LogP contribution in [0.2, 0.25) is 0 Å². The summed E-state index contributed by atoms with van der Waals surface area (Å²) in [6.07, 6.45) is 1.68. The summed E-state index contributed by atoms with van der Waals surface area (Å²) in [5.41, 5.74) is 0.392. The zero-order chi connectivity index (χ0) is 24.2. The van der Waals surface area contributed by atoms with Gasteiger partial charge < -0.3 is 10.2 Å². The Kier molecular flexibility index (Phi) is 5.07. The minimum Gasteiger partial charge on any atom is -0.332 e. The molecule has 7 nitrogen and oxygen atoms in total. The van der Waals surface area contributed by atoms with Gasteiger partial charge in [-0.25, -0.2) is 9.78 Å². The molecule has 0 saturated carbocycles. The highest BCUT2D eigenvalue weighted by atomic mass is 32.1. The molecule has 0 aliphatic carbocycles. The van der Waals surface area contributed by atoms with Crippen molar-refractivity contribution in [2.75, 3.05) is 13.1 Å². The number of thiazole rings is 1. The Morgan fingerprint density at radius 1 is 1.09 bits per heavy atom. The fourth-order valence-electron chi connectivity index (χ4n) is 5.12. The van der Waals surface area contributed by atoms with Crippen LogP contribution in [-0.4, -0.2) is 45.7 Å². The topological polar surface area (TPSA) is 82.6 Å². The van der Waals surface area contributed by atoms with Gasteiger partial charge in [0.1, 0.15) is 17.1 Å². The number of carbonyl (C=O) groups is 3. The second-order valence-corrected chi connectivity index (χ2v) is 10.3. The first-order chi connectivity index (χ1) is 16.9. The van der Waals surface area contributed by atoms with Crippen molar-refractivity contribution in [2.45, 2.75) is 31.3 Å². The number of urea groups is 1. The molecule has 2 fully saturated rings. The van der Waals surface area contributed by atoms with Gasteiger partial charge in [0.2, 0.25) is 5.91 Å². The summed E-state index contributed by atoms with van der Waals surface area (Å²) in [6.45, 7) is 2.00. The number of nitrogens with zero attached hydrogens (tertiary/aromatic N) is 3. The van der Waals surface area contributed by atoms with E-state index >= 15 is 0 Å². The molecule has 6 rings (SSSR count). The number of aromatic nitrogens is 1. The fraction of sp³-hybridized carbons (Fsp3) is 0.259. The van der Waals surface area contributed by atoms with Crippen LogP contribution in [0.25, 0.3) is 21.0 Å². The number of hydrogen-bond donors (Lipinski definition) is 1. The first kappa shape index (κ1) is 21.7. The zero-order valence-corrected chi connectivity index (χ0v) is 20.0. The van der Waals surface area contributed by atoms with Gasteiger partial charge in [0.05, 0.1) is 16.3 Å². The number of amides is 4. The molecular formula is C27H24N4O3S. The highest BCUT2D eigenvalue weighted by Crippen LogP contribution is 2.37. The van der Waals surface area contributed by atoms with Crippen LogP contribution in [0.3, 0.4) is 0 Å². The number of carbonyl (C=O) groups excluding carboxylic acids is 3. The van der Waals surface area contributed by atoms with Crippen LogP contribution in [0.15, 0.2) is 66.7 Å². The van der Waals surface area contributed by atoms with Crippen molar-refractivity contribution in [1.82, 2.24) is 20.1 Å². The number of likely N-dealkylation sites (tertiary alicyclic amines) is 1. The van der Waals surface area contributed by atoms with Crippen LogP contribution >= 0.6 is 11.3 Å².